The second kappa shape index (κ2) is 13.6. The Morgan fingerprint density at radius 1 is 0.861 bits per heavy atom. The van der Waals surface area contributed by atoms with Crippen LogP contribution >= 0.6 is 0 Å². The van der Waals surface area contributed by atoms with Crippen molar-refractivity contribution in [3.63, 3.8) is 0 Å². The lowest BCUT2D eigenvalue weighted by molar-refractivity contribution is -0.257. The van der Waals surface area contributed by atoms with Crippen LogP contribution in [0, 0.1) is 0 Å². The van der Waals surface area contributed by atoms with E-state index in [0.717, 1.165) is 24.9 Å². The molecule has 0 saturated heterocycles. The van der Waals surface area contributed by atoms with Gasteiger partial charge in [0.15, 0.2) is 0 Å². The molecular formula is C32H45BO3+. The smallest absolute Gasteiger partial charge is 0.329 e. The molecule has 1 radical (unpaired) electrons. The van der Waals surface area contributed by atoms with Crippen LogP contribution in [0.5, 0.6) is 0 Å². The van der Waals surface area contributed by atoms with Crippen molar-refractivity contribution in [2.75, 3.05) is 19.8 Å². The van der Waals surface area contributed by atoms with Gasteiger partial charge in [-0.15, -0.1) is 0 Å². The highest BCUT2D eigenvalue weighted by Gasteiger charge is 2.43. The summed E-state index contributed by atoms with van der Waals surface area (Å²) in [6.07, 6.45) is 15.5. The van der Waals surface area contributed by atoms with Gasteiger partial charge in [-0.3, -0.25) is 4.42 Å². The van der Waals surface area contributed by atoms with E-state index in [9.17, 15) is 0 Å². The van der Waals surface area contributed by atoms with Crippen molar-refractivity contribution in [2.45, 2.75) is 103 Å². The Balaban J connectivity index is 1.73. The van der Waals surface area contributed by atoms with Gasteiger partial charge in [0, 0.05) is 25.0 Å². The fourth-order valence-corrected chi connectivity index (χ4v) is 6.16. The van der Waals surface area contributed by atoms with Crippen LogP contribution in [0.2, 0.25) is 0 Å². The van der Waals surface area contributed by atoms with E-state index >= 15 is 0 Å². The highest BCUT2D eigenvalue weighted by molar-refractivity contribution is 6.47. The van der Waals surface area contributed by atoms with Crippen LogP contribution in [0.25, 0.3) is 11.1 Å². The maximum absolute atomic E-state index is 9.10. The van der Waals surface area contributed by atoms with Crippen molar-refractivity contribution in [1.82, 2.24) is 0 Å². The molecule has 3 nitrogen and oxygen atoms in total. The van der Waals surface area contributed by atoms with Crippen LogP contribution in [-0.4, -0.2) is 38.2 Å². The van der Waals surface area contributed by atoms with Gasteiger partial charge >= 0.3 is 13.3 Å². The van der Waals surface area contributed by atoms with Crippen molar-refractivity contribution >= 4 is 18.7 Å². The molecule has 0 aromatic heterocycles. The zero-order chi connectivity index (χ0) is 25.2. The third kappa shape index (κ3) is 6.14. The molecule has 0 amide bonds. The van der Waals surface area contributed by atoms with E-state index in [4.69, 9.17) is 14.2 Å². The molecule has 36 heavy (non-hydrogen) atoms. The van der Waals surface area contributed by atoms with Gasteiger partial charge in [0.25, 0.3) is 6.61 Å². The van der Waals surface area contributed by atoms with E-state index in [1.807, 2.05) is 7.48 Å². The van der Waals surface area contributed by atoms with Crippen molar-refractivity contribution < 1.29 is 14.2 Å². The Bertz CT molecular complexity index is 1000. The molecule has 1 N–H and O–H groups in total. The number of aliphatic hydroxyl groups is 1. The molecule has 2 aliphatic rings. The average molecular weight is 489 g/mol. The summed E-state index contributed by atoms with van der Waals surface area (Å²) in [5.41, 5.74) is 8.27. The quantitative estimate of drug-likeness (QED) is 0.156. The summed E-state index contributed by atoms with van der Waals surface area (Å²) in [6, 6.07) is 14.0. The molecule has 1 aliphatic heterocycles. The maximum Gasteiger partial charge on any atom is 0.329 e. The molecule has 4 heteroatoms. The van der Waals surface area contributed by atoms with Crippen molar-refractivity contribution in [3.8, 4) is 11.1 Å². The summed E-state index contributed by atoms with van der Waals surface area (Å²) in [5, 5.41) is 9.10. The first-order valence-corrected chi connectivity index (χ1v) is 14.6. The summed E-state index contributed by atoms with van der Waals surface area (Å²) in [5.74, 6) is 1.17. The highest BCUT2D eigenvalue weighted by Crippen LogP contribution is 2.54. The van der Waals surface area contributed by atoms with Crippen LogP contribution in [0.4, 0.5) is 0 Å². The molecule has 0 atom stereocenters. The standard InChI is InChI=1S/C32H45BO3/c1-3-5-7-9-18-32(19-10-8-6-4-2)29-23-25(31-13-11-21-35-31)14-16-27(29)28-17-15-26(24-30(28)32)33-36-22-12-20-34/h14-17,23-24,34H,3-13,18-22H2,1-2H3/q+1. The number of carbonyl (C=O) groups excluding carboxylic acids is 1. The van der Waals surface area contributed by atoms with Gasteiger partial charge in [-0.1, -0.05) is 94.9 Å². The Morgan fingerprint density at radius 3 is 2.19 bits per heavy atom. The molecule has 4 rings (SSSR count). The van der Waals surface area contributed by atoms with E-state index in [1.54, 1.807) is 0 Å². The van der Waals surface area contributed by atoms with Crippen LogP contribution in [0.1, 0.15) is 118 Å². The largest absolute Gasteiger partial charge is 0.434 e. The summed E-state index contributed by atoms with van der Waals surface area (Å²) in [4.78, 5) is 0. The molecule has 1 heterocycles. The molecule has 0 bridgehead atoms. The zero-order valence-corrected chi connectivity index (χ0v) is 22.6. The third-order valence-corrected chi connectivity index (χ3v) is 8.08. The molecular weight excluding hydrogens is 443 g/mol. The first-order chi connectivity index (χ1) is 17.7. The van der Waals surface area contributed by atoms with E-state index in [0.29, 0.717) is 13.0 Å². The van der Waals surface area contributed by atoms with E-state index < -0.39 is 0 Å². The number of benzene rings is 2. The Kier molecular flexibility index (Phi) is 10.2. The lowest BCUT2D eigenvalue weighted by Crippen LogP contribution is -2.28. The number of rotatable bonds is 16. The summed E-state index contributed by atoms with van der Waals surface area (Å²) >= 11 is 0. The Hall–Kier alpha value is -1.91. The normalized spacial score (nSPS) is 15.6. The number of hydrogen-bond donors (Lipinski definition) is 1. The fourth-order valence-electron chi connectivity index (χ4n) is 6.16. The molecule has 0 spiro atoms. The number of unbranched alkanes of at least 4 members (excludes halogenated alkanes) is 6. The number of hydrogen-bond acceptors (Lipinski definition) is 2. The van der Waals surface area contributed by atoms with Crippen LogP contribution in [0.15, 0.2) is 36.4 Å². The van der Waals surface area contributed by atoms with Gasteiger partial charge in [-0.05, 0) is 53.6 Å². The molecule has 2 aromatic rings. The fraction of sp³-hybridized carbons (Fsp3) is 0.594. The summed E-state index contributed by atoms with van der Waals surface area (Å²) in [6.45, 7) is 6.16. The monoisotopic (exact) mass is 488 g/mol. The van der Waals surface area contributed by atoms with Gasteiger partial charge in [0.2, 0.25) is 0 Å². The lowest BCUT2D eigenvalue weighted by Gasteiger charge is -2.33. The number of fused-ring (bicyclic) bond motifs is 3. The van der Waals surface area contributed by atoms with Gasteiger partial charge in [-0.25, -0.2) is 0 Å². The predicted molar refractivity (Wildman–Crippen MR) is 152 cm³/mol. The first-order valence-electron chi connectivity index (χ1n) is 14.6. The maximum atomic E-state index is 9.10. The first kappa shape index (κ1) is 27.1. The summed E-state index contributed by atoms with van der Waals surface area (Å²) < 4.78 is 11.8. The zero-order valence-electron chi connectivity index (χ0n) is 22.6. The second-order valence-corrected chi connectivity index (χ2v) is 10.7. The van der Waals surface area contributed by atoms with Gasteiger partial charge < -0.3 is 9.76 Å². The van der Waals surface area contributed by atoms with Crippen molar-refractivity contribution in [1.29, 1.82) is 0 Å². The second-order valence-electron chi connectivity index (χ2n) is 10.7. The third-order valence-electron chi connectivity index (χ3n) is 8.08. The molecule has 193 valence electrons. The predicted octanol–water partition coefficient (Wildman–Crippen LogP) is 7.05. The van der Waals surface area contributed by atoms with Gasteiger partial charge in [-0.2, -0.15) is 0 Å². The number of ketones is 1. The van der Waals surface area contributed by atoms with Gasteiger partial charge in [0.1, 0.15) is 0 Å². The summed E-state index contributed by atoms with van der Waals surface area (Å²) in [7, 11) is 1.88. The van der Waals surface area contributed by atoms with Crippen molar-refractivity contribution in [2.24, 2.45) is 0 Å². The number of aliphatic hydroxyl groups excluding tert-OH is 1. The SMILES string of the molecule is CCCCCCC1(CCCCCC)c2cc([B]OCCCO)ccc2-c2ccc(C3=[O+]CCC3)cc21. The van der Waals surface area contributed by atoms with Crippen molar-refractivity contribution in [3.05, 3.63) is 53.1 Å². The van der Waals surface area contributed by atoms with E-state index in [1.165, 1.54) is 97.8 Å². The highest BCUT2D eigenvalue weighted by atomic mass is 16.4. The topological polar surface area (TPSA) is 40.8 Å². The molecule has 0 saturated carbocycles. The van der Waals surface area contributed by atoms with Crippen LogP contribution in [-0.2, 0) is 10.1 Å². The Labute approximate surface area is 219 Å². The molecule has 0 fully saturated rings. The minimum absolute atomic E-state index is 0.0519. The van der Waals surface area contributed by atoms with E-state index in [-0.39, 0.29) is 12.0 Å². The minimum atomic E-state index is 0.0519. The van der Waals surface area contributed by atoms with Crippen LogP contribution < -0.4 is 5.46 Å². The van der Waals surface area contributed by atoms with Gasteiger partial charge in [0.05, 0.1) is 12.0 Å². The minimum Gasteiger partial charge on any atom is -0.434 e. The average Bonchev–Trinajstić information content (AvgIpc) is 3.53. The molecule has 1 aliphatic carbocycles. The molecule has 2 aromatic carbocycles. The van der Waals surface area contributed by atoms with Crippen LogP contribution in [0.3, 0.4) is 0 Å². The van der Waals surface area contributed by atoms with E-state index in [2.05, 4.69) is 50.2 Å². The Morgan fingerprint density at radius 2 is 1.56 bits per heavy atom. The molecule has 0 unspecified atom stereocenters. The lowest BCUT2D eigenvalue weighted by atomic mass is 9.69.